The van der Waals surface area contributed by atoms with Gasteiger partial charge in [0.25, 0.3) is 0 Å². The molecule has 16 heavy (non-hydrogen) atoms. The largest absolute Gasteiger partial charge is 0.354 e. The number of nitrogens with one attached hydrogen (secondary N) is 2. The highest BCUT2D eigenvalue weighted by Crippen LogP contribution is 2.36. The van der Waals surface area contributed by atoms with Gasteiger partial charge in [0.05, 0.1) is 5.54 Å². The predicted molar refractivity (Wildman–Crippen MR) is 65.2 cm³/mol. The Morgan fingerprint density at radius 2 is 2.31 bits per heavy atom. The molecule has 1 saturated carbocycles. The Hall–Kier alpha value is -0.570. The van der Waals surface area contributed by atoms with Crippen LogP contribution in [0, 0.1) is 11.8 Å². The SMILES string of the molecule is CCC1(C(=O)NCC(C)C2CC2)CCCN1. The summed E-state index contributed by atoms with van der Waals surface area (Å²) in [5.41, 5.74) is -0.261. The smallest absolute Gasteiger partial charge is 0.240 e. The van der Waals surface area contributed by atoms with Gasteiger partial charge >= 0.3 is 0 Å². The van der Waals surface area contributed by atoms with Crippen LogP contribution in [0.5, 0.6) is 0 Å². The van der Waals surface area contributed by atoms with E-state index in [2.05, 4.69) is 24.5 Å². The lowest BCUT2D eigenvalue weighted by Gasteiger charge is -2.27. The second kappa shape index (κ2) is 4.74. The van der Waals surface area contributed by atoms with Gasteiger partial charge in [-0.05, 0) is 50.5 Å². The predicted octanol–water partition coefficient (Wildman–Crippen LogP) is 1.68. The molecule has 0 spiro atoms. The average Bonchev–Trinajstić information content (AvgIpc) is 3.04. The van der Waals surface area contributed by atoms with E-state index in [-0.39, 0.29) is 11.4 Å². The van der Waals surface area contributed by atoms with Crippen molar-refractivity contribution in [3.63, 3.8) is 0 Å². The highest BCUT2D eigenvalue weighted by atomic mass is 16.2. The topological polar surface area (TPSA) is 41.1 Å². The monoisotopic (exact) mass is 224 g/mol. The summed E-state index contributed by atoms with van der Waals surface area (Å²) in [6.07, 6.45) is 5.73. The van der Waals surface area contributed by atoms with Crippen LogP contribution in [0.1, 0.15) is 46.0 Å². The van der Waals surface area contributed by atoms with Gasteiger partial charge in [-0.15, -0.1) is 0 Å². The minimum absolute atomic E-state index is 0.222. The van der Waals surface area contributed by atoms with Crippen LogP contribution >= 0.6 is 0 Å². The summed E-state index contributed by atoms with van der Waals surface area (Å²) in [5.74, 6) is 1.74. The molecule has 2 unspecified atom stereocenters. The maximum absolute atomic E-state index is 12.2. The lowest BCUT2D eigenvalue weighted by Crippen LogP contribution is -2.53. The third-order valence-electron chi connectivity index (χ3n) is 4.29. The second-order valence-corrected chi connectivity index (χ2v) is 5.49. The number of carbonyl (C=O) groups is 1. The molecule has 2 rings (SSSR count). The van der Waals surface area contributed by atoms with Gasteiger partial charge in [0, 0.05) is 6.54 Å². The van der Waals surface area contributed by atoms with Crippen molar-refractivity contribution in [2.24, 2.45) is 11.8 Å². The van der Waals surface area contributed by atoms with E-state index in [4.69, 9.17) is 0 Å². The van der Waals surface area contributed by atoms with Crippen molar-refractivity contribution in [3.8, 4) is 0 Å². The number of hydrogen-bond donors (Lipinski definition) is 2. The zero-order valence-electron chi connectivity index (χ0n) is 10.5. The molecule has 2 aliphatic rings. The normalized spacial score (nSPS) is 31.4. The highest BCUT2D eigenvalue weighted by molar-refractivity contribution is 5.86. The molecule has 2 N–H and O–H groups in total. The van der Waals surface area contributed by atoms with E-state index < -0.39 is 0 Å². The maximum atomic E-state index is 12.2. The second-order valence-electron chi connectivity index (χ2n) is 5.49. The fraction of sp³-hybridized carbons (Fsp3) is 0.923. The highest BCUT2D eigenvalue weighted by Gasteiger charge is 2.39. The van der Waals surface area contributed by atoms with Gasteiger partial charge < -0.3 is 10.6 Å². The molecule has 2 atom stereocenters. The quantitative estimate of drug-likeness (QED) is 0.746. The summed E-state index contributed by atoms with van der Waals surface area (Å²) in [6.45, 7) is 6.19. The molecular weight excluding hydrogens is 200 g/mol. The first kappa shape index (κ1) is 11.9. The number of amides is 1. The van der Waals surface area contributed by atoms with Crippen molar-refractivity contribution in [3.05, 3.63) is 0 Å². The average molecular weight is 224 g/mol. The Kier molecular flexibility index (Phi) is 3.53. The summed E-state index contributed by atoms with van der Waals surface area (Å²) in [5, 5.41) is 6.51. The summed E-state index contributed by atoms with van der Waals surface area (Å²) in [6, 6.07) is 0. The molecule has 1 amide bonds. The van der Waals surface area contributed by atoms with Crippen LogP contribution in [-0.4, -0.2) is 24.5 Å². The minimum atomic E-state index is -0.261. The third-order valence-corrected chi connectivity index (χ3v) is 4.29. The molecule has 3 heteroatoms. The first-order valence-electron chi connectivity index (χ1n) is 6.71. The Bertz CT molecular complexity index is 255. The zero-order valence-corrected chi connectivity index (χ0v) is 10.5. The molecule has 2 fully saturated rings. The molecular formula is C13H24N2O. The summed E-state index contributed by atoms with van der Waals surface area (Å²) < 4.78 is 0. The van der Waals surface area contributed by atoms with E-state index in [9.17, 15) is 4.79 Å². The molecule has 92 valence electrons. The van der Waals surface area contributed by atoms with Crippen molar-refractivity contribution in [1.29, 1.82) is 0 Å². The molecule has 0 aromatic heterocycles. The van der Waals surface area contributed by atoms with Crippen molar-refractivity contribution in [2.45, 2.75) is 51.5 Å². The van der Waals surface area contributed by atoms with Gasteiger partial charge in [-0.25, -0.2) is 0 Å². The van der Waals surface area contributed by atoms with E-state index in [1.807, 2.05) is 0 Å². The Morgan fingerprint density at radius 1 is 1.56 bits per heavy atom. The molecule has 1 aliphatic heterocycles. The number of hydrogen-bond acceptors (Lipinski definition) is 2. The van der Waals surface area contributed by atoms with Crippen LogP contribution in [-0.2, 0) is 4.79 Å². The molecule has 0 bridgehead atoms. The first-order valence-corrected chi connectivity index (χ1v) is 6.71. The van der Waals surface area contributed by atoms with Gasteiger partial charge in [-0.1, -0.05) is 13.8 Å². The molecule has 0 aromatic carbocycles. The molecule has 1 saturated heterocycles. The van der Waals surface area contributed by atoms with Crippen LogP contribution in [0.25, 0.3) is 0 Å². The third kappa shape index (κ3) is 2.40. The Balaban J connectivity index is 1.81. The van der Waals surface area contributed by atoms with Gasteiger partial charge in [0.1, 0.15) is 0 Å². The van der Waals surface area contributed by atoms with Crippen LogP contribution in [0.3, 0.4) is 0 Å². The zero-order chi connectivity index (χ0) is 11.6. The van der Waals surface area contributed by atoms with Gasteiger partial charge in [-0.3, -0.25) is 4.79 Å². The van der Waals surface area contributed by atoms with Crippen LogP contribution in [0.2, 0.25) is 0 Å². The van der Waals surface area contributed by atoms with E-state index in [0.29, 0.717) is 5.92 Å². The van der Waals surface area contributed by atoms with Crippen LogP contribution in [0.4, 0.5) is 0 Å². The van der Waals surface area contributed by atoms with Gasteiger partial charge in [0.2, 0.25) is 5.91 Å². The van der Waals surface area contributed by atoms with Crippen molar-refractivity contribution >= 4 is 5.91 Å². The van der Waals surface area contributed by atoms with Crippen LogP contribution < -0.4 is 10.6 Å². The van der Waals surface area contributed by atoms with E-state index in [1.54, 1.807) is 0 Å². The summed E-state index contributed by atoms with van der Waals surface area (Å²) in [7, 11) is 0. The fourth-order valence-corrected chi connectivity index (χ4v) is 2.72. The first-order chi connectivity index (χ1) is 7.68. The van der Waals surface area contributed by atoms with E-state index in [0.717, 1.165) is 38.3 Å². The summed E-state index contributed by atoms with van der Waals surface area (Å²) in [4.78, 5) is 12.2. The van der Waals surface area contributed by atoms with Crippen molar-refractivity contribution < 1.29 is 4.79 Å². The lowest BCUT2D eigenvalue weighted by molar-refractivity contribution is -0.127. The Labute approximate surface area is 98.4 Å². The lowest BCUT2D eigenvalue weighted by atomic mass is 9.93. The molecule has 1 heterocycles. The molecule has 3 nitrogen and oxygen atoms in total. The molecule has 0 aromatic rings. The van der Waals surface area contributed by atoms with Crippen molar-refractivity contribution in [2.75, 3.05) is 13.1 Å². The summed E-state index contributed by atoms with van der Waals surface area (Å²) >= 11 is 0. The standard InChI is InChI=1S/C13H24N2O/c1-3-13(7-4-8-15-13)12(16)14-9-10(2)11-5-6-11/h10-11,15H,3-9H2,1-2H3,(H,14,16). The molecule has 1 aliphatic carbocycles. The minimum Gasteiger partial charge on any atom is -0.354 e. The van der Waals surface area contributed by atoms with Gasteiger partial charge in [0.15, 0.2) is 0 Å². The maximum Gasteiger partial charge on any atom is 0.240 e. The number of rotatable bonds is 5. The number of carbonyl (C=O) groups excluding carboxylic acids is 1. The van der Waals surface area contributed by atoms with E-state index >= 15 is 0 Å². The van der Waals surface area contributed by atoms with Gasteiger partial charge in [-0.2, -0.15) is 0 Å². The Morgan fingerprint density at radius 3 is 2.81 bits per heavy atom. The van der Waals surface area contributed by atoms with E-state index in [1.165, 1.54) is 12.8 Å². The molecule has 0 radical (unpaired) electrons. The fourth-order valence-electron chi connectivity index (χ4n) is 2.72. The van der Waals surface area contributed by atoms with Crippen molar-refractivity contribution in [1.82, 2.24) is 10.6 Å². The van der Waals surface area contributed by atoms with Crippen LogP contribution in [0.15, 0.2) is 0 Å².